The van der Waals surface area contributed by atoms with Gasteiger partial charge in [0.15, 0.2) is 0 Å². The molecule has 0 bridgehead atoms. The van der Waals surface area contributed by atoms with E-state index in [9.17, 15) is 9.59 Å². The van der Waals surface area contributed by atoms with Gasteiger partial charge in [0.05, 0.1) is 6.54 Å². The maximum atomic E-state index is 12.0. The van der Waals surface area contributed by atoms with Crippen LogP contribution in [0, 0.1) is 12.8 Å². The molecule has 114 valence electrons. The van der Waals surface area contributed by atoms with Gasteiger partial charge in [-0.15, -0.1) is 0 Å². The van der Waals surface area contributed by atoms with E-state index in [-0.39, 0.29) is 12.3 Å². The van der Waals surface area contributed by atoms with Crippen molar-refractivity contribution in [1.82, 2.24) is 4.90 Å². The minimum atomic E-state index is -0.745. The number of rotatable bonds is 6. The van der Waals surface area contributed by atoms with Crippen molar-refractivity contribution in [2.45, 2.75) is 26.2 Å². The van der Waals surface area contributed by atoms with Crippen molar-refractivity contribution in [1.29, 1.82) is 0 Å². The molecule has 1 aromatic rings. The van der Waals surface area contributed by atoms with Crippen molar-refractivity contribution in [2.24, 2.45) is 5.92 Å². The van der Waals surface area contributed by atoms with Gasteiger partial charge in [-0.1, -0.05) is 12.1 Å². The number of nitrogens with zero attached hydrogens (tertiary/aromatic N) is 1. The van der Waals surface area contributed by atoms with E-state index in [0.29, 0.717) is 18.9 Å². The van der Waals surface area contributed by atoms with Crippen LogP contribution in [0.25, 0.3) is 0 Å². The number of benzene rings is 1. The van der Waals surface area contributed by atoms with E-state index in [1.165, 1.54) is 0 Å². The predicted molar refractivity (Wildman–Crippen MR) is 81.2 cm³/mol. The van der Waals surface area contributed by atoms with Crippen LogP contribution in [0.4, 0.5) is 5.69 Å². The van der Waals surface area contributed by atoms with E-state index >= 15 is 0 Å². The zero-order valence-electron chi connectivity index (χ0n) is 12.3. The van der Waals surface area contributed by atoms with E-state index in [1.807, 2.05) is 31.2 Å². The number of nitrogens with one attached hydrogen (secondary N) is 1. The third-order valence-corrected chi connectivity index (χ3v) is 3.81. The van der Waals surface area contributed by atoms with Crippen LogP contribution in [0.15, 0.2) is 24.3 Å². The Bertz CT molecular complexity index is 516. The van der Waals surface area contributed by atoms with Crippen molar-refractivity contribution in [3.63, 3.8) is 0 Å². The molecule has 0 saturated carbocycles. The SMILES string of the molecule is Cc1cccc(NC(=O)CN2CCC(CCC(=O)O)C2)c1. The van der Waals surface area contributed by atoms with Crippen LogP contribution in [0.5, 0.6) is 0 Å². The molecule has 1 atom stereocenters. The normalized spacial score (nSPS) is 18.6. The Morgan fingerprint density at radius 3 is 2.95 bits per heavy atom. The summed E-state index contributed by atoms with van der Waals surface area (Å²) in [6.45, 7) is 4.04. The van der Waals surface area contributed by atoms with Gasteiger partial charge in [0.2, 0.25) is 5.91 Å². The average molecular weight is 290 g/mol. The van der Waals surface area contributed by atoms with E-state index in [0.717, 1.165) is 30.8 Å². The number of hydrogen-bond donors (Lipinski definition) is 2. The zero-order chi connectivity index (χ0) is 15.2. The molecule has 21 heavy (non-hydrogen) atoms. The number of hydrogen-bond acceptors (Lipinski definition) is 3. The lowest BCUT2D eigenvalue weighted by Gasteiger charge is -2.15. The lowest BCUT2D eigenvalue weighted by Crippen LogP contribution is -2.31. The molecule has 5 heteroatoms. The second-order valence-corrected chi connectivity index (χ2v) is 5.74. The number of amides is 1. The summed E-state index contributed by atoms with van der Waals surface area (Å²) in [5.74, 6) is -0.363. The maximum absolute atomic E-state index is 12.0. The molecule has 5 nitrogen and oxygen atoms in total. The second-order valence-electron chi connectivity index (χ2n) is 5.74. The molecular weight excluding hydrogens is 268 g/mol. The smallest absolute Gasteiger partial charge is 0.303 e. The highest BCUT2D eigenvalue weighted by Gasteiger charge is 2.24. The van der Waals surface area contributed by atoms with Crippen LogP contribution in [-0.4, -0.2) is 41.5 Å². The topological polar surface area (TPSA) is 69.6 Å². The average Bonchev–Trinajstić information content (AvgIpc) is 2.83. The monoisotopic (exact) mass is 290 g/mol. The molecule has 2 rings (SSSR count). The van der Waals surface area contributed by atoms with Crippen LogP contribution >= 0.6 is 0 Å². The van der Waals surface area contributed by atoms with Crippen LogP contribution < -0.4 is 5.32 Å². The highest BCUT2D eigenvalue weighted by atomic mass is 16.4. The Morgan fingerprint density at radius 2 is 2.24 bits per heavy atom. The lowest BCUT2D eigenvalue weighted by atomic mass is 10.0. The van der Waals surface area contributed by atoms with Crippen LogP contribution in [0.3, 0.4) is 0 Å². The minimum Gasteiger partial charge on any atom is -0.481 e. The summed E-state index contributed by atoms with van der Waals surface area (Å²) in [6.07, 6.45) is 1.89. The number of aliphatic carboxylic acids is 1. The molecule has 1 saturated heterocycles. The first-order chi connectivity index (χ1) is 10.0. The summed E-state index contributed by atoms with van der Waals surface area (Å²) in [4.78, 5) is 24.7. The van der Waals surface area contributed by atoms with E-state index in [4.69, 9.17) is 5.11 Å². The fourth-order valence-electron chi connectivity index (χ4n) is 2.75. The molecule has 2 N–H and O–H groups in total. The van der Waals surface area contributed by atoms with E-state index in [2.05, 4.69) is 10.2 Å². The summed E-state index contributed by atoms with van der Waals surface area (Å²) < 4.78 is 0. The molecule has 1 aliphatic heterocycles. The molecule has 0 spiro atoms. The highest BCUT2D eigenvalue weighted by Crippen LogP contribution is 2.20. The minimum absolute atomic E-state index is 0.0144. The van der Waals surface area contributed by atoms with Gasteiger partial charge >= 0.3 is 5.97 Å². The number of likely N-dealkylation sites (tertiary alicyclic amines) is 1. The summed E-state index contributed by atoms with van der Waals surface area (Å²) in [6, 6.07) is 7.73. The Kier molecular flexibility index (Phi) is 5.33. The van der Waals surface area contributed by atoms with Crippen LogP contribution in [0.2, 0.25) is 0 Å². The molecule has 1 heterocycles. The Hall–Kier alpha value is -1.88. The van der Waals surface area contributed by atoms with Gasteiger partial charge in [0.1, 0.15) is 0 Å². The third kappa shape index (κ3) is 5.19. The number of carbonyl (C=O) groups excluding carboxylic acids is 1. The number of carboxylic acids is 1. The number of carboxylic acid groups (broad SMARTS) is 1. The van der Waals surface area contributed by atoms with Gasteiger partial charge in [0, 0.05) is 18.7 Å². The summed E-state index contributed by atoms with van der Waals surface area (Å²) in [7, 11) is 0. The first-order valence-corrected chi connectivity index (χ1v) is 7.33. The fraction of sp³-hybridized carbons (Fsp3) is 0.500. The van der Waals surface area contributed by atoms with Crippen molar-refractivity contribution in [2.75, 3.05) is 25.0 Å². The summed E-state index contributed by atoms with van der Waals surface area (Å²) >= 11 is 0. The molecular formula is C16H22N2O3. The largest absolute Gasteiger partial charge is 0.481 e. The molecule has 1 unspecified atom stereocenters. The summed E-state index contributed by atoms with van der Waals surface area (Å²) in [5, 5.41) is 11.6. The molecule has 0 aromatic heterocycles. The summed E-state index contributed by atoms with van der Waals surface area (Å²) in [5.41, 5.74) is 1.93. The predicted octanol–water partition coefficient (Wildman–Crippen LogP) is 2.12. The molecule has 1 aromatic carbocycles. The van der Waals surface area contributed by atoms with Gasteiger partial charge in [-0.3, -0.25) is 14.5 Å². The van der Waals surface area contributed by atoms with Crippen molar-refractivity contribution >= 4 is 17.6 Å². The maximum Gasteiger partial charge on any atom is 0.303 e. The number of carbonyl (C=O) groups is 2. The first kappa shape index (κ1) is 15.5. The second kappa shape index (κ2) is 7.22. The number of aryl methyl sites for hydroxylation is 1. The Morgan fingerprint density at radius 1 is 1.43 bits per heavy atom. The lowest BCUT2D eigenvalue weighted by molar-refractivity contribution is -0.137. The zero-order valence-corrected chi connectivity index (χ0v) is 12.3. The molecule has 1 amide bonds. The van der Waals surface area contributed by atoms with Crippen LogP contribution in [-0.2, 0) is 9.59 Å². The van der Waals surface area contributed by atoms with Crippen molar-refractivity contribution < 1.29 is 14.7 Å². The van der Waals surface area contributed by atoms with Crippen molar-refractivity contribution in [3.05, 3.63) is 29.8 Å². The van der Waals surface area contributed by atoms with Gasteiger partial charge in [-0.2, -0.15) is 0 Å². The number of anilines is 1. The standard InChI is InChI=1S/C16H22N2O3/c1-12-3-2-4-14(9-12)17-15(19)11-18-8-7-13(10-18)5-6-16(20)21/h2-4,9,13H,5-8,10-11H2,1H3,(H,17,19)(H,20,21). The Labute approximate surface area is 125 Å². The van der Waals surface area contributed by atoms with Gasteiger partial charge in [0.25, 0.3) is 0 Å². The molecule has 1 fully saturated rings. The first-order valence-electron chi connectivity index (χ1n) is 7.33. The molecule has 0 radical (unpaired) electrons. The third-order valence-electron chi connectivity index (χ3n) is 3.81. The quantitative estimate of drug-likeness (QED) is 0.842. The van der Waals surface area contributed by atoms with Gasteiger partial charge in [-0.25, -0.2) is 0 Å². The molecule has 0 aliphatic carbocycles. The highest BCUT2D eigenvalue weighted by molar-refractivity contribution is 5.92. The van der Waals surface area contributed by atoms with E-state index in [1.54, 1.807) is 0 Å². The fourth-order valence-corrected chi connectivity index (χ4v) is 2.75. The molecule has 1 aliphatic rings. The van der Waals surface area contributed by atoms with Gasteiger partial charge < -0.3 is 10.4 Å². The van der Waals surface area contributed by atoms with Crippen LogP contribution in [0.1, 0.15) is 24.8 Å². The van der Waals surface area contributed by atoms with Gasteiger partial charge in [-0.05, 0) is 49.9 Å². The van der Waals surface area contributed by atoms with E-state index < -0.39 is 5.97 Å². The Balaban J connectivity index is 1.75. The van der Waals surface area contributed by atoms with Crippen molar-refractivity contribution in [3.8, 4) is 0 Å².